The van der Waals surface area contributed by atoms with Gasteiger partial charge in [-0.3, -0.25) is 0 Å². The fraction of sp³-hybridized carbons (Fsp3) is 0.750. The van der Waals surface area contributed by atoms with Crippen molar-refractivity contribution in [3.8, 4) is 0 Å². The molecule has 1 atom stereocenters. The molecule has 96 valence electrons. The number of hydrogen-bond acceptors (Lipinski definition) is 4. The Balaban J connectivity index is 1.77. The Morgan fingerprint density at radius 1 is 1.65 bits per heavy atom. The van der Waals surface area contributed by atoms with Gasteiger partial charge in [-0.15, -0.1) is 22.9 Å². The summed E-state index contributed by atoms with van der Waals surface area (Å²) < 4.78 is 5.42. The van der Waals surface area contributed by atoms with Gasteiger partial charge in [-0.05, 0) is 19.4 Å². The standard InChI is InChI=1S/C12H19ClN2OS/c1-16-11-3-2-5-15(8-11)6-4-12-14-10(7-13)9-17-12/h9,11H,2-8H2,1H3. The quantitative estimate of drug-likeness (QED) is 0.772. The summed E-state index contributed by atoms with van der Waals surface area (Å²) in [5.41, 5.74) is 1.00. The SMILES string of the molecule is COC1CCCN(CCc2nc(CCl)cs2)C1. The van der Waals surface area contributed by atoms with Crippen molar-refractivity contribution in [1.29, 1.82) is 0 Å². The molecule has 2 rings (SSSR count). The van der Waals surface area contributed by atoms with Crippen LogP contribution in [0.25, 0.3) is 0 Å². The van der Waals surface area contributed by atoms with Crippen molar-refractivity contribution in [2.24, 2.45) is 0 Å². The minimum absolute atomic E-state index is 0.415. The lowest BCUT2D eigenvalue weighted by Crippen LogP contribution is -2.40. The molecule has 1 aliphatic rings. The normalized spacial score (nSPS) is 21.9. The molecule has 1 aromatic rings. The van der Waals surface area contributed by atoms with Crippen molar-refractivity contribution >= 4 is 22.9 Å². The van der Waals surface area contributed by atoms with Crippen LogP contribution in [0.5, 0.6) is 0 Å². The lowest BCUT2D eigenvalue weighted by atomic mass is 10.1. The van der Waals surface area contributed by atoms with E-state index in [9.17, 15) is 0 Å². The maximum Gasteiger partial charge on any atom is 0.0941 e. The number of ether oxygens (including phenoxy) is 1. The summed E-state index contributed by atoms with van der Waals surface area (Å²) in [6.45, 7) is 3.33. The molecule has 1 fully saturated rings. The van der Waals surface area contributed by atoms with Crippen LogP contribution in [0.4, 0.5) is 0 Å². The van der Waals surface area contributed by atoms with E-state index in [2.05, 4.69) is 15.3 Å². The highest BCUT2D eigenvalue weighted by Gasteiger charge is 2.19. The molecule has 0 N–H and O–H groups in total. The van der Waals surface area contributed by atoms with E-state index in [1.807, 2.05) is 7.11 Å². The predicted molar refractivity (Wildman–Crippen MR) is 71.8 cm³/mol. The fourth-order valence-electron chi connectivity index (χ4n) is 2.19. The molecule has 0 spiro atoms. The van der Waals surface area contributed by atoms with Gasteiger partial charge < -0.3 is 9.64 Å². The van der Waals surface area contributed by atoms with Crippen molar-refractivity contribution in [1.82, 2.24) is 9.88 Å². The minimum atomic E-state index is 0.415. The highest BCUT2D eigenvalue weighted by atomic mass is 35.5. The molecule has 0 amide bonds. The molecule has 17 heavy (non-hydrogen) atoms. The van der Waals surface area contributed by atoms with Crippen molar-refractivity contribution in [3.05, 3.63) is 16.1 Å². The van der Waals surface area contributed by atoms with Gasteiger partial charge in [-0.2, -0.15) is 0 Å². The summed E-state index contributed by atoms with van der Waals surface area (Å²) in [6, 6.07) is 0. The van der Waals surface area contributed by atoms with Crippen LogP contribution in [0.1, 0.15) is 23.5 Å². The summed E-state index contributed by atoms with van der Waals surface area (Å²) in [5.74, 6) is 0.520. The zero-order valence-corrected chi connectivity index (χ0v) is 11.8. The fourth-order valence-corrected chi connectivity index (χ4v) is 3.20. The molecule has 0 aliphatic carbocycles. The lowest BCUT2D eigenvalue weighted by Gasteiger charge is -2.31. The molecule has 3 nitrogen and oxygen atoms in total. The van der Waals surface area contributed by atoms with Crippen LogP contribution in [-0.4, -0.2) is 42.7 Å². The number of likely N-dealkylation sites (tertiary alicyclic amines) is 1. The monoisotopic (exact) mass is 274 g/mol. The number of alkyl halides is 1. The van der Waals surface area contributed by atoms with Gasteiger partial charge in [0, 0.05) is 32.0 Å². The van der Waals surface area contributed by atoms with E-state index in [4.69, 9.17) is 16.3 Å². The molecule has 0 aromatic carbocycles. The van der Waals surface area contributed by atoms with E-state index in [0.717, 1.165) is 25.2 Å². The zero-order chi connectivity index (χ0) is 12.1. The summed E-state index contributed by atoms with van der Waals surface area (Å²) in [7, 11) is 1.81. The van der Waals surface area contributed by atoms with E-state index in [1.54, 1.807) is 11.3 Å². The largest absolute Gasteiger partial charge is 0.380 e. The summed E-state index contributed by atoms with van der Waals surface area (Å²) in [6.07, 6.45) is 3.88. The van der Waals surface area contributed by atoms with E-state index < -0.39 is 0 Å². The number of piperidine rings is 1. The van der Waals surface area contributed by atoms with Gasteiger partial charge in [0.25, 0.3) is 0 Å². The molecular formula is C12H19ClN2OS. The molecule has 0 bridgehead atoms. The molecule has 2 heterocycles. The number of aromatic nitrogens is 1. The third-order valence-electron chi connectivity index (χ3n) is 3.17. The van der Waals surface area contributed by atoms with Crippen LogP contribution in [0.2, 0.25) is 0 Å². The maximum absolute atomic E-state index is 5.74. The second kappa shape index (κ2) is 6.69. The third-order valence-corrected chi connectivity index (χ3v) is 4.40. The minimum Gasteiger partial charge on any atom is -0.380 e. The first-order chi connectivity index (χ1) is 8.31. The van der Waals surface area contributed by atoms with Crippen LogP contribution in [0.15, 0.2) is 5.38 Å². The zero-order valence-electron chi connectivity index (χ0n) is 10.2. The van der Waals surface area contributed by atoms with Crippen LogP contribution >= 0.6 is 22.9 Å². The molecule has 1 aliphatic heterocycles. The molecule has 1 aromatic heterocycles. The second-order valence-electron chi connectivity index (χ2n) is 4.42. The van der Waals surface area contributed by atoms with Crippen LogP contribution in [0, 0.1) is 0 Å². The molecule has 5 heteroatoms. The Kier molecular flexibility index (Phi) is 5.22. The van der Waals surface area contributed by atoms with Gasteiger partial charge in [0.1, 0.15) is 0 Å². The van der Waals surface area contributed by atoms with Crippen molar-refractivity contribution in [3.63, 3.8) is 0 Å². The van der Waals surface area contributed by atoms with Gasteiger partial charge in [0.15, 0.2) is 0 Å². The van der Waals surface area contributed by atoms with Gasteiger partial charge >= 0.3 is 0 Å². The van der Waals surface area contributed by atoms with E-state index in [0.29, 0.717) is 12.0 Å². The molecular weight excluding hydrogens is 256 g/mol. The predicted octanol–water partition coefficient (Wildman–Crippen LogP) is 2.54. The Hall–Kier alpha value is -0.160. The number of nitrogens with zero attached hydrogens (tertiary/aromatic N) is 2. The Morgan fingerprint density at radius 2 is 2.53 bits per heavy atom. The summed E-state index contributed by atoms with van der Waals surface area (Å²) >= 11 is 7.46. The molecule has 1 unspecified atom stereocenters. The average Bonchev–Trinajstić information content (AvgIpc) is 2.84. The van der Waals surface area contributed by atoms with Crippen molar-refractivity contribution < 1.29 is 4.74 Å². The first-order valence-corrected chi connectivity index (χ1v) is 7.47. The Labute approximate surface area is 112 Å². The number of halogens is 1. The van der Waals surface area contributed by atoms with Gasteiger partial charge in [-0.1, -0.05) is 0 Å². The molecule has 0 radical (unpaired) electrons. The summed E-state index contributed by atoms with van der Waals surface area (Å²) in [5, 5.41) is 3.25. The summed E-state index contributed by atoms with van der Waals surface area (Å²) in [4.78, 5) is 6.95. The first-order valence-electron chi connectivity index (χ1n) is 6.06. The molecule has 1 saturated heterocycles. The third kappa shape index (κ3) is 3.91. The Morgan fingerprint density at radius 3 is 3.24 bits per heavy atom. The highest BCUT2D eigenvalue weighted by Crippen LogP contribution is 2.15. The lowest BCUT2D eigenvalue weighted by molar-refractivity contribution is 0.0319. The topological polar surface area (TPSA) is 25.4 Å². The van der Waals surface area contributed by atoms with E-state index in [1.165, 1.54) is 24.4 Å². The van der Waals surface area contributed by atoms with Gasteiger partial charge in [-0.25, -0.2) is 4.98 Å². The first kappa shape index (κ1) is 13.3. The van der Waals surface area contributed by atoms with Gasteiger partial charge in [0.05, 0.1) is 22.7 Å². The maximum atomic E-state index is 5.74. The second-order valence-corrected chi connectivity index (χ2v) is 5.63. The number of thiazole rings is 1. The number of hydrogen-bond donors (Lipinski definition) is 0. The van der Waals surface area contributed by atoms with E-state index in [-0.39, 0.29) is 0 Å². The van der Waals surface area contributed by atoms with Crippen LogP contribution in [-0.2, 0) is 17.0 Å². The average molecular weight is 275 g/mol. The van der Waals surface area contributed by atoms with E-state index >= 15 is 0 Å². The van der Waals surface area contributed by atoms with Crippen molar-refractivity contribution in [2.45, 2.75) is 31.2 Å². The number of rotatable bonds is 5. The van der Waals surface area contributed by atoms with Crippen molar-refractivity contribution in [2.75, 3.05) is 26.7 Å². The molecule has 0 saturated carbocycles. The van der Waals surface area contributed by atoms with Crippen LogP contribution in [0.3, 0.4) is 0 Å². The number of methoxy groups -OCH3 is 1. The van der Waals surface area contributed by atoms with Crippen LogP contribution < -0.4 is 0 Å². The smallest absolute Gasteiger partial charge is 0.0941 e. The van der Waals surface area contributed by atoms with Gasteiger partial charge in [0.2, 0.25) is 0 Å². The Bertz CT molecular complexity index is 345. The highest BCUT2D eigenvalue weighted by molar-refractivity contribution is 7.09.